The highest BCUT2D eigenvalue weighted by molar-refractivity contribution is 5.78. The van der Waals surface area contributed by atoms with Gasteiger partial charge < -0.3 is 10.6 Å². The molecular weight excluding hydrogens is 250 g/mol. The predicted molar refractivity (Wildman–Crippen MR) is 84.8 cm³/mol. The lowest BCUT2D eigenvalue weighted by molar-refractivity contribution is -0.122. The Balaban J connectivity index is 2.13. The third kappa shape index (κ3) is 7.25. The Hall–Kier alpha value is -0.610. The number of rotatable bonds is 9. The number of hydrogen-bond acceptors (Lipinski definition) is 3. The molecule has 0 aliphatic carbocycles. The number of likely N-dealkylation sites (tertiary alicyclic amines) is 1. The van der Waals surface area contributed by atoms with Crippen molar-refractivity contribution in [2.24, 2.45) is 11.8 Å². The summed E-state index contributed by atoms with van der Waals surface area (Å²) in [5, 5.41) is 6.35. The van der Waals surface area contributed by atoms with E-state index >= 15 is 0 Å². The van der Waals surface area contributed by atoms with Crippen molar-refractivity contribution >= 4 is 5.91 Å². The van der Waals surface area contributed by atoms with Crippen molar-refractivity contribution in [1.82, 2.24) is 15.5 Å². The SMILES string of the molecule is CNCC1CCN(CC(=O)NC(C)CCCC(C)C)C1. The van der Waals surface area contributed by atoms with Crippen molar-refractivity contribution in [2.45, 2.75) is 52.5 Å². The zero-order valence-electron chi connectivity index (χ0n) is 13.7. The number of carbonyl (C=O) groups excluding carboxylic acids is 1. The van der Waals surface area contributed by atoms with E-state index in [1.807, 2.05) is 7.05 Å². The molecule has 2 atom stereocenters. The zero-order valence-corrected chi connectivity index (χ0v) is 13.7. The van der Waals surface area contributed by atoms with E-state index in [-0.39, 0.29) is 5.91 Å². The first-order chi connectivity index (χ1) is 9.51. The molecule has 0 radical (unpaired) electrons. The van der Waals surface area contributed by atoms with Crippen LogP contribution in [0.2, 0.25) is 0 Å². The van der Waals surface area contributed by atoms with Gasteiger partial charge in [-0.15, -0.1) is 0 Å². The van der Waals surface area contributed by atoms with Gasteiger partial charge in [-0.2, -0.15) is 0 Å². The summed E-state index contributed by atoms with van der Waals surface area (Å²) in [6.45, 7) is 10.3. The highest BCUT2D eigenvalue weighted by Gasteiger charge is 2.23. The maximum absolute atomic E-state index is 12.0. The second-order valence-corrected chi connectivity index (χ2v) is 6.74. The van der Waals surface area contributed by atoms with Crippen LogP contribution in [0.1, 0.15) is 46.5 Å². The van der Waals surface area contributed by atoms with Crippen LogP contribution < -0.4 is 10.6 Å². The van der Waals surface area contributed by atoms with Crippen LogP contribution in [0.25, 0.3) is 0 Å². The first-order valence-electron chi connectivity index (χ1n) is 8.17. The lowest BCUT2D eigenvalue weighted by Crippen LogP contribution is -2.40. The highest BCUT2D eigenvalue weighted by Crippen LogP contribution is 2.14. The monoisotopic (exact) mass is 283 g/mol. The second-order valence-electron chi connectivity index (χ2n) is 6.74. The van der Waals surface area contributed by atoms with Gasteiger partial charge in [0.25, 0.3) is 0 Å². The molecule has 20 heavy (non-hydrogen) atoms. The molecule has 1 fully saturated rings. The molecule has 4 nitrogen and oxygen atoms in total. The number of nitrogens with one attached hydrogen (secondary N) is 2. The molecule has 2 N–H and O–H groups in total. The first kappa shape index (κ1) is 17.4. The molecule has 1 heterocycles. The van der Waals surface area contributed by atoms with Gasteiger partial charge in [-0.3, -0.25) is 9.69 Å². The average molecular weight is 283 g/mol. The Morgan fingerprint density at radius 3 is 2.70 bits per heavy atom. The standard InChI is InChI=1S/C16H33N3O/c1-13(2)6-5-7-14(3)18-16(20)12-19-9-8-15(11-19)10-17-4/h13-15,17H,5-12H2,1-4H3,(H,18,20). The minimum absolute atomic E-state index is 0.187. The van der Waals surface area contributed by atoms with E-state index in [0.29, 0.717) is 18.5 Å². The minimum Gasteiger partial charge on any atom is -0.353 e. The van der Waals surface area contributed by atoms with Crippen molar-refractivity contribution in [2.75, 3.05) is 33.2 Å². The molecule has 4 heteroatoms. The van der Waals surface area contributed by atoms with Crippen LogP contribution in [0.15, 0.2) is 0 Å². The third-order valence-electron chi connectivity index (χ3n) is 4.06. The molecule has 1 rings (SSSR count). The summed E-state index contributed by atoms with van der Waals surface area (Å²) in [4.78, 5) is 14.3. The van der Waals surface area contributed by atoms with Crippen molar-refractivity contribution in [3.63, 3.8) is 0 Å². The maximum Gasteiger partial charge on any atom is 0.234 e. The normalized spacial score (nSPS) is 21.4. The third-order valence-corrected chi connectivity index (χ3v) is 4.06. The molecule has 0 aromatic heterocycles. The van der Waals surface area contributed by atoms with Crippen molar-refractivity contribution in [3.05, 3.63) is 0 Å². The van der Waals surface area contributed by atoms with Gasteiger partial charge in [0.2, 0.25) is 5.91 Å². The van der Waals surface area contributed by atoms with Crippen molar-refractivity contribution in [1.29, 1.82) is 0 Å². The minimum atomic E-state index is 0.187. The van der Waals surface area contributed by atoms with Crippen LogP contribution in [-0.2, 0) is 4.79 Å². The Morgan fingerprint density at radius 1 is 1.30 bits per heavy atom. The first-order valence-corrected chi connectivity index (χ1v) is 8.17. The Bertz CT molecular complexity index is 281. The van der Waals surface area contributed by atoms with Gasteiger partial charge in [-0.05, 0) is 51.7 Å². The molecule has 0 spiro atoms. The van der Waals surface area contributed by atoms with E-state index in [9.17, 15) is 4.79 Å². The van der Waals surface area contributed by atoms with Crippen LogP contribution in [0.3, 0.4) is 0 Å². The summed E-state index contributed by atoms with van der Waals surface area (Å²) >= 11 is 0. The Labute approximate surface area is 124 Å². The van der Waals surface area contributed by atoms with Crippen molar-refractivity contribution in [3.8, 4) is 0 Å². The van der Waals surface area contributed by atoms with E-state index in [2.05, 4.69) is 36.3 Å². The fourth-order valence-corrected chi connectivity index (χ4v) is 2.94. The summed E-state index contributed by atoms with van der Waals surface area (Å²) in [5.41, 5.74) is 0. The Morgan fingerprint density at radius 2 is 2.05 bits per heavy atom. The number of amides is 1. The number of nitrogens with zero attached hydrogens (tertiary/aromatic N) is 1. The van der Waals surface area contributed by atoms with Gasteiger partial charge in [-0.1, -0.05) is 26.7 Å². The van der Waals surface area contributed by atoms with E-state index in [4.69, 9.17) is 0 Å². The molecule has 0 aromatic rings. The highest BCUT2D eigenvalue weighted by atomic mass is 16.2. The second kappa shape index (κ2) is 9.35. The van der Waals surface area contributed by atoms with Crippen LogP contribution in [0.4, 0.5) is 0 Å². The van der Waals surface area contributed by atoms with E-state index < -0.39 is 0 Å². The summed E-state index contributed by atoms with van der Waals surface area (Å²) in [6, 6.07) is 0.303. The molecule has 1 amide bonds. The molecule has 1 aliphatic heterocycles. The van der Waals surface area contributed by atoms with E-state index in [1.165, 1.54) is 19.3 Å². The van der Waals surface area contributed by atoms with Crippen LogP contribution in [0, 0.1) is 11.8 Å². The number of carbonyl (C=O) groups is 1. The molecule has 0 bridgehead atoms. The fourth-order valence-electron chi connectivity index (χ4n) is 2.94. The predicted octanol–water partition coefficient (Wildman–Crippen LogP) is 1.86. The van der Waals surface area contributed by atoms with Crippen LogP contribution >= 0.6 is 0 Å². The van der Waals surface area contributed by atoms with Gasteiger partial charge in [-0.25, -0.2) is 0 Å². The zero-order chi connectivity index (χ0) is 15.0. The molecule has 2 unspecified atom stereocenters. The van der Waals surface area contributed by atoms with Gasteiger partial charge in [0.05, 0.1) is 6.54 Å². The van der Waals surface area contributed by atoms with Crippen LogP contribution in [-0.4, -0.2) is 50.1 Å². The lowest BCUT2D eigenvalue weighted by atomic mass is 10.0. The quantitative estimate of drug-likeness (QED) is 0.679. The largest absolute Gasteiger partial charge is 0.353 e. The lowest BCUT2D eigenvalue weighted by Gasteiger charge is -2.19. The average Bonchev–Trinajstić information content (AvgIpc) is 2.76. The van der Waals surface area contributed by atoms with Gasteiger partial charge in [0.15, 0.2) is 0 Å². The summed E-state index contributed by atoms with van der Waals surface area (Å²) < 4.78 is 0. The molecular formula is C16H33N3O. The van der Waals surface area contributed by atoms with E-state index in [1.54, 1.807) is 0 Å². The Kier molecular flexibility index (Phi) is 8.15. The molecule has 0 aromatic carbocycles. The summed E-state index contributed by atoms with van der Waals surface area (Å²) in [5.74, 6) is 1.65. The molecule has 1 saturated heterocycles. The molecule has 118 valence electrons. The van der Waals surface area contributed by atoms with Gasteiger partial charge in [0.1, 0.15) is 0 Å². The van der Waals surface area contributed by atoms with Crippen molar-refractivity contribution < 1.29 is 4.79 Å². The van der Waals surface area contributed by atoms with E-state index in [0.717, 1.165) is 32.0 Å². The molecule has 1 aliphatic rings. The maximum atomic E-state index is 12.0. The summed E-state index contributed by atoms with van der Waals surface area (Å²) in [6.07, 6.45) is 4.75. The van der Waals surface area contributed by atoms with Crippen LogP contribution in [0.5, 0.6) is 0 Å². The van der Waals surface area contributed by atoms with Gasteiger partial charge in [0, 0.05) is 12.6 Å². The van der Waals surface area contributed by atoms with Gasteiger partial charge >= 0.3 is 0 Å². The fraction of sp³-hybridized carbons (Fsp3) is 0.938. The molecule has 0 saturated carbocycles. The number of hydrogen-bond donors (Lipinski definition) is 2. The topological polar surface area (TPSA) is 44.4 Å². The summed E-state index contributed by atoms with van der Waals surface area (Å²) in [7, 11) is 1.99. The smallest absolute Gasteiger partial charge is 0.234 e.